The molecule has 9 heteroatoms. The van der Waals surface area contributed by atoms with Crippen LogP contribution >= 0.6 is 0 Å². The summed E-state index contributed by atoms with van der Waals surface area (Å²) in [5, 5.41) is -0.140. The van der Waals surface area contributed by atoms with E-state index in [1.165, 1.54) is 0 Å². The Hall–Kier alpha value is -1.59. The Morgan fingerprint density at radius 3 is 2.14 bits per heavy atom. The molecule has 7 nitrogen and oxygen atoms in total. The predicted molar refractivity (Wildman–Crippen MR) is 141 cm³/mol. The number of benzene rings is 2. The lowest BCUT2D eigenvalue weighted by molar-refractivity contribution is -0.320. The molecule has 0 radical (unpaired) electrons. The van der Waals surface area contributed by atoms with Crippen molar-refractivity contribution >= 4 is 18.2 Å². The summed E-state index contributed by atoms with van der Waals surface area (Å²) in [6, 6.07) is 18.8. The van der Waals surface area contributed by atoms with Gasteiger partial charge in [0, 0.05) is 12.7 Å². The molecule has 2 saturated heterocycles. The second-order valence-electron chi connectivity index (χ2n) is 11.1. The van der Waals surface area contributed by atoms with Gasteiger partial charge in [0.2, 0.25) is 0 Å². The number of fused-ring (bicyclic) bond motifs is 1. The van der Waals surface area contributed by atoms with Crippen LogP contribution in [0.15, 0.2) is 60.7 Å². The molecule has 1 unspecified atom stereocenters. The van der Waals surface area contributed by atoms with Crippen molar-refractivity contribution in [1.29, 1.82) is 0 Å². The average molecular weight is 535 g/mol. The van der Waals surface area contributed by atoms with Crippen LogP contribution in [0, 0.1) is 0 Å². The fourth-order valence-electron chi connectivity index (χ4n) is 4.41. The van der Waals surface area contributed by atoms with Gasteiger partial charge in [-0.25, -0.2) is 8.42 Å². The molecule has 2 heterocycles. The molecular formula is C27H38O7SSi. The van der Waals surface area contributed by atoms with Gasteiger partial charge in [0.25, 0.3) is 0 Å². The summed E-state index contributed by atoms with van der Waals surface area (Å²) in [7, 11) is -4.61. The molecular weight excluding hydrogens is 496 g/mol. The van der Waals surface area contributed by atoms with Crippen LogP contribution in [-0.2, 0) is 39.0 Å². The molecule has 4 rings (SSSR count). The Labute approximate surface area is 216 Å². The second kappa shape index (κ2) is 10.6. The van der Waals surface area contributed by atoms with Gasteiger partial charge in [0.15, 0.2) is 29.9 Å². The van der Waals surface area contributed by atoms with Crippen molar-refractivity contribution in [2.45, 2.75) is 80.8 Å². The Balaban J connectivity index is 1.68. The Morgan fingerprint density at radius 2 is 1.56 bits per heavy atom. The Bertz CT molecular complexity index is 1100. The molecule has 198 valence electrons. The standard InChI is InChI=1S/C27H38O7SSi/c1-27(2,3)36(5,6)34-24-23(30-4)22-21(17-31-25(33-22)20-15-11-8-12-16-20)32-26(24)35(28,29)18-19-13-9-7-10-14-19/h7-16,21-26H,17-18H2,1-6H3/t21-,22-,23-,24+,25?,26-/m1/s1. The minimum Gasteiger partial charge on any atom is -0.407 e. The first-order valence-corrected chi connectivity index (χ1v) is 17.0. The fourth-order valence-corrected chi connectivity index (χ4v) is 7.56. The van der Waals surface area contributed by atoms with E-state index >= 15 is 0 Å². The minimum atomic E-state index is -3.78. The van der Waals surface area contributed by atoms with Crippen molar-refractivity contribution in [1.82, 2.24) is 0 Å². The van der Waals surface area contributed by atoms with Crippen LogP contribution in [0.25, 0.3) is 0 Å². The second-order valence-corrected chi connectivity index (χ2v) is 17.9. The summed E-state index contributed by atoms with van der Waals surface area (Å²) in [5.74, 6) is -0.155. The first-order valence-electron chi connectivity index (χ1n) is 12.4. The maximum atomic E-state index is 13.8. The molecule has 2 aromatic rings. The number of methoxy groups -OCH3 is 1. The largest absolute Gasteiger partial charge is 0.407 e. The van der Waals surface area contributed by atoms with Gasteiger partial charge < -0.3 is 23.4 Å². The van der Waals surface area contributed by atoms with E-state index in [0.717, 1.165) is 5.56 Å². The minimum absolute atomic E-state index is 0.140. The number of hydrogen-bond donors (Lipinski definition) is 0. The molecule has 36 heavy (non-hydrogen) atoms. The highest BCUT2D eigenvalue weighted by Crippen LogP contribution is 2.43. The maximum Gasteiger partial charge on any atom is 0.192 e. The third kappa shape index (κ3) is 5.77. The molecule has 2 aliphatic heterocycles. The zero-order valence-electron chi connectivity index (χ0n) is 21.9. The highest BCUT2D eigenvalue weighted by molar-refractivity contribution is 7.91. The summed E-state index contributed by atoms with van der Waals surface area (Å²) in [6.07, 6.45) is -3.25. The van der Waals surface area contributed by atoms with Crippen molar-refractivity contribution in [2.75, 3.05) is 13.7 Å². The van der Waals surface area contributed by atoms with Crippen molar-refractivity contribution < 1.29 is 31.8 Å². The van der Waals surface area contributed by atoms with Crippen molar-refractivity contribution in [3.8, 4) is 0 Å². The summed E-state index contributed by atoms with van der Waals surface area (Å²) in [4.78, 5) is 0. The SMILES string of the molecule is CO[C@@H]1[C@@H]2OC(c3ccccc3)OC[C@H]2O[C@H](S(=O)(=O)Cc2ccccc2)[C@H]1O[Si](C)(C)C(C)(C)C. The van der Waals surface area contributed by atoms with Gasteiger partial charge in [-0.15, -0.1) is 0 Å². The van der Waals surface area contributed by atoms with Crippen LogP contribution < -0.4 is 0 Å². The predicted octanol–water partition coefficient (Wildman–Crippen LogP) is 4.85. The van der Waals surface area contributed by atoms with Crippen molar-refractivity contribution in [3.05, 3.63) is 71.8 Å². The molecule has 0 N–H and O–H groups in total. The molecule has 0 aliphatic carbocycles. The van der Waals surface area contributed by atoms with Crippen LogP contribution in [0.2, 0.25) is 18.1 Å². The first-order chi connectivity index (χ1) is 16.9. The van der Waals surface area contributed by atoms with Crippen LogP contribution in [0.1, 0.15) is 38.2 Å². The average Bonchev–Trinajstić information content (AvgIpc) is 2.83. The molecule has 0 saturated carbocycles. The van der Waals surface area contributed by atoms with Gasteiger partial charge in [0.05, 0.1) is 12.4 Å². The maximum absolute atomic E-state index is 13.8. The third-order valence-corrected chi connectivity index (χ3v) is 13.7. The Morgan fingerprint density at radius 1 is 0.944 bits per heavy atom. The molecule has 2 aliphatic rings. The van der Waals surface area contributed by atoms with Gasteiger partial charge in [-0.05, 0) is 23.7 Å². The monoisotopic (exact) mass is 534 g/mol. The molecule has 0 aromatic heterocycles. The van der Waals surface area contributed by atoms with E-state index in [1.807, 2.05) is 48.5 Å². The van der Waals surface area contributed by atoms with Crippen LogP contribution in [0.3, 0.4) is 0 Å². The van der Waals surface area contributed by atoms with Crippen LogP contribution in [0.5, 0.6) is 0 Å². The van der Waals surface area contributed by atoms with Crippen molar-refractivity contribution in [3.63, 3.8) is 0 Å². The topological polar surface area (TPSA) is 80.3 Å². The van der Waals surface area contributed by atoms with E-state index in [-0.39, 0.29) is 17.4 Å². The van der Waals surface area contributed by atoms with E-state index in [4.69, 9.17) is 23.4 Å². The summed E-state index contributed by atoms with van der Waals surface area (Å²) in [5.41, 5.74) is 0.369. The lowest BCUT2D eigenvalue weighted by atomic mass is 9.98. The van der Waals surface area contributed by atoms with E-state index in [0.29, 0.717) is 5.56 Å². The fraction of sp³-hybridized carbons (Fsp3) is 0.556. The molecule has 2 fully saturated rings. The van der Waals surface area contributed by atoms with E-state index < -0.39 is 54.3 Å². The van der Waals surface area contributed by atoms with E-state index in [2.05, 4.69) is 33.9 Å². The van der Waals surface area contributed by atoms with Gasteiger partial charge >= 0.3 is 0 Å². The zero-order valence-corrected chi connectivity index (χ0v) is 23.7. The summed E-state index contributed by atoms with van der Waals surface area (Å²) in [6.45, 7) is 10.8. The normalized spacial score (nSPS) is 29.5. The number of hydrogen-bond acceptors (Lipinski definition) is 7. The lowest BCUT2D eigenvalue weighted by Gasteiger charge is -2.51. The van der Waals surface area contributed by atoms with E-state index in [9.17, 15) is 8.42 Å². The Kier molecular flexibility index (Phi) is 8.12. The third-order valence-electron chi connectivity index (χ3n) is 7.43. The smallest absolute Gasteiger partial charge is 0.192 e. The highest BCUT2D eigenvalue weighted by atomic mass is 32.2. The van der Waals surface area contributed by atoms with Crippen molar-refractivity contribution in [2.24, 2.45) is 0 Å². The number of ether oxygens (including phenoxy) is 4. The van der Waals surface area contributed by atoms with Gasteiger partial charge in [-0.2, -0.15) is 0 Å². The van der Waals surface area contributed by atoms with Crippen LogP contribution in [0.4, 0.5) is 0 Å². The van der Waals surface area contributed by atoms with Gasteiger partial charge in [-0.3, -0.25) is 0 Å². The summed E-state index contributed by atoms with van der Waals surface area (Å²) >= 11 is 0. The van der Waals surface area contributed by atoms with Crippen LogP contribution in [-0.4, -0.2) is 60.3 Å². The zero-order chi connectivity index (χ0) is 26.1. The quantitative estimate of drug-likeness (QED) is 0.470. The first kappa shape index (κ1) is 27.4. The lowest BCUT2D eigenvalue weighted by Crippen LogP contribution is -2.66. The number of rotatable bonds is 7. The number of sulfone groups is 1. The van der Waals surface area contributed by atoms with E-state index in [1.54, 1.807) is 19.2 Å². The highest BCUT2D eigenvalue weighted by Gasteiger charge is 2.56. The molecule has 0 bridgehead atoms. The summed E-state index contributed by atoms with van der Waals surface area (Å²) < 4.78 is 58.9. The molecule has 0 spiro atoms. The van der Waals surface area contributed by atoms with Gasteiger partial charge in [-0.1, -0.05) is 81.4 Å². The molecule has 6 atom stereocenters. The van der Waals surface area contributed by atoms with Gasteiger partial charge in [0.1, 0.15) is 24.4 Å². The molecule has 0 amide bonds. The molecule has 2 aromatic carbocycles.